The topological polar surface area (TPSA) is 58.2 Å². The number of alkyl halides is 1. The van der Waals surface area contributed by atoms with E-state index in [1.807, 2.05) is 42.5 Å². The van der Waals surface area contributed by atoms with Gasteiger partial charge in [-0.1, -0.05) is 48.5 Å². The van der Waals surface area contributed by atoms with Crippen LogP contribution < -0.4 is 10.6 Å². The van der Waals surface area contributed by atoms with Crippen LogP contribution >= 0.6 is 11.6 Å². The molecular weight excluding hydrogens is 336 g/mol. The molecule has 4 nitrogen and oxygen atoms in total. The third-order valence-corrected chi connectivity index (χ3v) is 4.09. The van der Waals surface area contributed by atoms with Crippen molar-refractivity contribution >= 4 is 29.1 Å². The van der Waals surface area contributed by atoms with Gasteiger partial charge in [0.25, 0.3) is 0 Å². The highest BCUT2D eigenvalue weighted by atomic mass is 35.5. The molecule has 2 rings (SSSR count). The summed E-state index contributed by atoms with van der Waals surface area (Å²) in [4.78, 5) is 24.1. The third kappa shape index (κ3) is 6.24. The molecule has 0 fully saturated rings. The van der Waals surface area contributed by atoms with Gasteiger partial charge in [-0.3, -0.25) is 9.59 Å². The Morgan fingerprint density at radius 1 is 1.04 bits per heavy atom. The van der Waals surface area contributed by atoms with Crippen LogP contribution in [0.2, 0.25) is 0 Å². The Labute approximate surface area is 153 Å². The van der Waals surface area contributed by atoms with Crippen molar-refractivity contribution in [1.82, 2.24) is 5.32 Å². The van der Waals surface area contributed by atoms with Crippen LogP contribution in [-0.4, -0.2) is 23.7 Å². The predicted octanol–water partition coefficient (Wildman–Crippen LogP) is 3.74. The second kappa shape index (κ2) is 9.84. The number of benzene rings is 2. The highest BCUT2D eigenvalue weighted by Crippen LogP contribution is 2.19. The number of nitrogens with one attached hydrogen (secondary N) is 2. The van der Waals surface area contributed by atoms with Crippen LogP contribution in [0.5, 0.6) is 0 Å². The van der Waals surface area contributed by atoms with E-state index in [0.717, 1.165) is 17.7 Å². The van der Waals surface area contributed by atoms with Gasteiger partial charge in [-0.05, 0) is 37.0 Å². The van der Waals surface area contributed by atoms with E-state index >= 15 is 0 Å². The quantitative estimate of drug-likeness (QED) is 0.706. The minimum absolute atomic E-state index is 0.166. The zero-order chi connectivity index (χ0) is 18.1. The molecular formula is C20H23ClN2O2. The second-order valence-corrected chi connectivity index (χ2v) is 6.27. The predicted molar refractivity (Wildman–Crippen MR) is 102 cm³/mol. The molecule has 0 radical (unpaired) electrons. The summed E-state index contributed by atoms with van der Waals surface area (Å²) in [7, 11) is 0. The van der Waals surface area contributed by atoms with E-state index in [4.69, 9.17) is 11.6 Å². The summed E-state index contributed by atoms with van der Waals surface area (Å²) < 4.78 is 0. The van der Waals surface area contributed by atoms with Crippen molar-refractivity contribution in [2.75, 3.05) is 11.2 Å². The van der Waals surface area contributed by atoms with E-state index in [1.165, 1.54) is 5.56 Å². The summed E-state index contributed by atoms with van der Waals surface area (Å²) in [5.74, 6) is 0.0292. The number of hydrogen-bond acceptors (Lipinski definition) is 2. The van der Waals surface area contributed by atoms with Gasteiger partial charge in [-0.2, -0.15) is 0 Å². The van der Waals surface area contributed by atoms with E-state index in [-0.39, 0.29) is 11.8 Å². The Kier molecular flexibility index (Phi) is 7.48. The van der Waals surface area contributed by atoms with Crippen molar-refractivity contribution in [3.63, 3.8) is 0 Å². The van der Waals surface area contributed by atoms with Gasteiger partial charge < -0.3 is 10.6 Å². The van der Waals surface area contributed by atoms with E-state index in [1.54, 1.807) is 6.92 Å². The van der Waals surface area contributed by atoms with Crippen LogP contribution in [0.3, 0.4) is 0 Å². The lowest BCUT2D eigenvalue weighted by molar-refractivity contribution is -0.126. The monoisotopic (exact) mass is 358 g/mol. The van der Waals surface area contributed by atoms with Gasteiger partial charge in [-0.25, -0.2) is 0 Å². The Balaban J connectivity index is 1.99. The first-order valence-corrected chi connectivity index (χ1v) is 8.91. The molecule has 5 heteroatoms. The number of rotatable bonds is 8. The maximum atomic E-state index is 12.4. The average molecular weight is 359 g/mol. The van der Waals surface area contributed by atoms with Gasteiger partial charge in [0.2, 0.25) is 11.8 Å². The third-order valence-electron chi connectivity index (χ3n) is 3.82. The van der Waals surface area contributed by atoms with Crippen LogP contribution in [0.25, 0.3) is 0 Å². The molecule has 132 valence electrons. The molecule has 0 bridgehead atoms. The molecule has 0 saturated heterocycles. The van der Waals surface area contributed by atoms with Gasteiger partial charge in [0, 0.05) is 18.0 Å². The molecule has 1 atom stereocenters. The summed E-state index contributed by atoms with van der Waals surface area (Å²) in [5.41, 5.74) is 2.97. The standard InChI is InChI=1S/C20H23ClN2O2/c1-15(22-19(24)12-7-13-21)20(25)23-18-11-6-5-10-17(18)14-16-8-3-2-4-9-16/h2-6,8-11,15H,7,12-14H2,1H3,(H,22,24)(H,23,25)/t15-/m1/s1. The molecule has 0 spiro atoms. The smallest absolute Gasteiger partial charge is 0.246 e. The largest absolute Gasteiger partial charge is 0.345 e. The fourth-order valence-electron chi connectivity index (χ4n) is 2.46. The molecule has 2 N–H and O–H groups in total. The molecule has 2 aromatic carbocycles. The Morgan fingerprint density at radius 2 is 1.72 bits per heavy atom. The van der Waals surface area contributed by atoms with Crippen LogP contribution in [0.4, 0.5) is 5.69 Å². The SMILES string of the molecule is C[C@@H](NC(=O)CCCCl)C(=O)Nc1ccccc1Cc1ccccc1. The van der Waals surface area contributed by atoms with Crippen molar-refractivity contribution in [2.24, 2.45) is 0 Å². The number of halogens is 1. The Hall–Kier alpha value is -2.33. The summed E-state index contributed by atoms with van der Waals surface area (Å²) in [6.45, 7) is 1.67. The normalized spacial score (nSPS) is 11.6. The van der Waals surface area contributed by atoms with Crippen molar-refractivity contribution in [2.45, 2.75) is 32.2 Å². The van der Waals surface area contributed by atoms with Crippen molar-refractivity contribution in [3.05, 3.63) is 65.7 Å². The summed E-state index contributed by atoms with van der Waals surface area (Å²) in [5, 5.41) is 5.61. The zero-order valence-electron chi connectivity index (χ0n) is 14.3. The van der Waals surface area contributed by atoms with Crippen LogP contribution in [-0.2, 0) is 16.0 Å². The molecule has 0 heterocycles. The number of carbonyl (C=O) groups excluding carboxylic acids is 2. The summed E-state index contributed by atoms with van der Waals surface area (Å²) in [6.07, 6.45) is 1.65. The van der Waals surface area contributed by atoms with E-state index in [9.17, 15) is 9.59 Å². The molecule has 0 aliphatic rings. The first kappa shape index (κ1) is 19.0. The number of para-hydroxylation sites is 1. The fourth-order valence-corrected chi connectivity index (χ4v) is 2.59. The molecule has 25 heavy (non-hydrogen) atoms. The van der Waals surface area contributed by atoms with Gasteiger partial charge in [0.05, 0.1) is 0 Å². The van der Waals surface area contributed by atoms with Gasteiger partial charge >= 0.3 is 0 Å². The number of anilines is 1. The molecule has 0 aliphatic heterocycles. The van der Waals surface area contributed by atoms with Crippen LogP contribution in [0.1, 0.15) is 30.9 Å². The Bertz CT molecular complexity index is 704. The molecule has 0 unspecified atom stereocenters. The van der Waals surface area contributed by atoms with E-state index in [0.29, 0.717) is 18.7 Å². The first-order valence-electron chi connectivity index (χ1n) is 8.38. The van der Waals surface area contributed by atoms with Crippen LogP contribution in [0, 0.1) is 0 Å². The second-order valence-electron chi connectivity index (χ2n) is 5.89. The number of amides is 2. The minimum Gasteiger partial charge on any atom is -0.345 e. The fraction of sp³-hybridized carbons (Fsp3) is 0.300. The van der Waals surface area contributed by atoms with Crippen molar-refractivity contribution in [3.8, 4) is 0 Å². The minimum atomic E-state index is -0.604. The lowest BCUT2D eigenvalue weighted by atomic mass is 10.0. The number of hydrogen-bond donors (Lipinski definition) is 2. The maximum Gasteiger partial charge on any atom is 0.246 e. The van der Waals surface area contributed by atoms with Gasteiger partial charge in [-0.15, -0.1) is 11.6 Å². The molecule has 0 aromatic heterocycles. The zero-order valence-corrected chi connectivity index (χ0v) is 15.1. The maximum absolute atomic E-state index is 12.4. The van der Waals surface area contributed by atoms with Crippen LogP contribution in [0.15, 0.2) is 54.6 Å². The van der Waals surface area contributed by atoms with Gasteiger partial charge in [0.15, 0.2) is 0 Å². The van der Waals surface area contributed by atoms with E-state index in [2.05, 4.69) is 22.8 Å². The molecule has 0 saturated carbocycles. The Morgan fingerprint density at radius 3 is 2.44 bits per heavy atom. The molecule has 2 amide bonds. The highest BCUT2D eigenvalue weighted by Gasteiger charge is 2.16. The average Bonchev–Trinajstić information content (AvgIpc) is 2.62. The first-order chi connectivity index (χ1) is 12.1. The highest BCUT2D eigenvalue weighted by molar-refractivity contribution is 6.17. The lowest BCUT2D eigenvalue weighted by Crippen LogP contribution is -2.41. The van der Waals surface area contributed by atoms with Gasteiger partial charge in [0.1, 0.15) is 6.04 Å². The summed E-state index contributed by atoms with van der Waals surface area (Å²) in [6, 6.07) is 17.2. The van der Waals surface area contributed by atoms with Crippen molar-refractivity contribution in [1.29, 1.82) is 0 Å². The molecule has 0 aliphatic carbocycles. The number of carbonyl (C=O) groups is 2. The summed E-state index contributed by atoms with van der Waals surface area (Å²) >= 11 is 5.58. The van der Waals surface area contributed by atoms with Crippen molar-refractivity contribution < 1.29 is 9.59 Å². The molecule has 2 aromatic rings. The van der Waals surface area contributed by atoms with E-state index < -0.39 is 6.04 Å². The lowest BCUT2D eigenvalue weighted by Gasteiger charge is -2.16.